The molecule has 0 aromatic heterocycles. The average molecular weight is 522 g/mol. The standard InChI is InChI=1S/C27H34F3N3O4/c1-33(2)14-13-26(25(31)35,15-18-7-4-5-9-21(18)27(28,29)30)37-24-10-6-8-19-16-32-22(12-11-20(19)24)23(34)17-36-3/h4-10,22,32H,11-17H2,1-3H3,(H2,31,35). The average Bonchev–Trinajstić information content (AvgIpc) is 3.06. The summed E-state index contributed by atoms with van der Waals surface area (Å²) in [6.45, 7) is 0.747. The molecule has 0 spiro atoms. The number of halogens is 3. The second-order valence-corrected chi connectivity index (χ2v) is 9.61. The van der Waals surface area contributed by atoms with E-state index < -0.39 is 29.3 Å². The number of primary amides is 1. The summed E-state index contributed by atoms with van der Waals surface area (Å²) in [5, 5.41) is 3.23. The summed E-state index contributed by atoms with van der Waals surface area (Å²) < 4.78 is 52.7. The number of methoxy groups -OCH3 is 1. The minimum absolute atomic E-state index is 0.00863. The molecule has 0 saturated heterocycles. The van der Waals surface area contributed by atoms with Crippen LogP contribution in [0.15, 0.2) is 42.5 Å². The van der Waals surface area contributed by atoms with E-state index in [4.69, 9.17) is 15.2 Å². The molecule has 1 aliphatic rings. The van der Waals surface area contributed by atoms with Crippen LogP contribution in [0, 0.1) is 0 Å². The summed E-state index contributed by atoms with van der Waals surface area (Å²) in [7, 11) is 5.06. The molecule has 0 bridgehead atoms. The highest BCUT2D eigenvalue weighted by Crippen LogP contribution is 2.37. The van der Waals surface area contributed by atoms with Gasteiger partial charge in [-0.2, -0.15) is 13.2 Å². The SMILES string of the molecule is COCC(=O)C1CCc2c(cccc2OC(CCN(C)C)(Cc2ccccc2C(F)(F)F)C(N)=O)CN1. The van der Waals surface area contributed by atoms with Gasteiger partial charge in [-0.3, -0.25) is 9.59 Å². The van der Waals surface area contributed by atoms with E-state index in [1.54, 1.807) is 26.2 Å². The van der Waals surface area contributed by atoms with Crippen LogP contribution in [-0.4, -0.2) is 62.6 Å². The van der Waals surface area contributed by atoms with Crippen molar-refractivity contribution in [3.63, 3.8) is 0 Å². The number of hydrogen-bond acceptors (Lipinski definition) is 6. The number of alkyl halides is 3. The van der Waals surface area contributed by atoms with Crippen LogP contribution >= 0.6 is 0 Å². The van der Waals surface area contributed by atoms with Crippen LogP contribution in [0.3, 0.4) is 0 Å². The van der Waals surface area contributed by atoms with Gasteiger partial charge in [-0.1, -0.05) is 30.3 Å². The normalized spacial score (nSPS) is 17.5. The van der Waals surface area contributed by atoms with Crippen LogP contribution in [0.1, 0.15) is 35.1 Å². The third-order valence-corrected chi connectivity index (χ3v) is 6.64. The second-order valence-electron chi connectivity index (χ2n) is 9.61. The first-order valence-corrected chi connectivity index (χ1v) is 12.1. The number of nitrogens with two attached hydrogens (primary N) is 1. The molecule has 37 heavy (non-hydrogen) atoms. The van der Waals surface area contributed by atoms with Crippen molar-refractivity contribution in [2.24, 2.45) is 5.73 Å². The molecule has 0 saturated carbocycles. The van der Waals surface area contributed by atoms with Gasteiger partial charge in [-0.05, 0) is 55.8 Å². The molecular formula is C27H34F3N3O4. The van der Waals surface area contributed by atoms with Gasteiger partial charge in [0.15, 0.2) is 11.4 Å². The van der Waals surface area contributed by atoms with E-state index >= 15 is 0 Å². The van der Waals surface area contributed by atoms with E-state index in [1.807, 2.05) is 11.0 Å². The molecule has 1 heterocycles. The minimum atomic E-state index is -4.60. The van der Waals surface area contributed by atoms with Crippen LogP contribution < -0.4 is 15.8 Å². The number of carbonyl (C=O) groups is 2. The molecule has 7 nitrogen and oxygen atoms in total. The molecule has 0 aliphatic carbocycles. The van der Waals surface area contributed by atoms with Crippen molar-refractivity contribution in [3.05, 3.63) is 64.7 Å². The smallest absolute Gasteiger partial charge is 0.416 e. The third-order valence-electron chi connectivity index (χ3n) is 6.64. The van der Waals surface area contributed by atoms with E-state index in [-0.39, 0.29) is 30.8 Å². The van der Waals surface area contributed by atoms with Gasteiger partial charge in [0.1, 0.15) is 12.4 Å². The van der Waals surface area contributed by atoms with Gasteiger partial charge < -0.3 is 25.4 Å². The Kier molecular flexibility index (Phi) is 9.33. The number of hydrogen-bond donors (Lipinski definition) is 2. The van der Waals surface area contributed by atoms with Crippen molar-refractivity contribution in [1.29, 1.82) is 0 Å². The van der Waals surface area contributed by atoms with E-state index in [0.29, 0.717) is 31.7 Å². The summed E-state index contributed by atoms with van der Waals surface area (Å²) in [6, 6.07) is 10.1. The molecule has 2 aromatic carbocycles. The van der Waals surface area contributed by atoms with Crippen LogP contribution in [-0.2, 0) is 39.9 Å². The minimum Gasteiger partial charge on any atom is -0.477 e. The van der Waals surface area contributed by atoms with Crippen LogP contribution in [0.25, 0.3) is 0 Å². The molecule has 0 fully saturated rings. The monoisotopic (exact) mass is 521 g/mol. The largest absolute Gasteiger partial charge is 0.477 e. The number of amides is 1. The fraction of sp³-hybridized carbons (Fsp3) is 0.481. The molecule has 202 valence electrons. The fourth-order valence-electron chi connectivity index (χ4n) is 4.61. The quantitative estimate of drug-likeness (QED) is 0.472. The van der Waals surface area contributed by atoms with Crippen molar-refractivity contribution in [1.82, 2.24) is 10.2 Å². The number of nitrogens with one attached hydrogen (secondary N) is 1. The van der Waals surface area contributed by atoms with Crippen molar-refractivity contribution in [2.45, 2.75) is 50.0 Å². The number of ether oxygens (including phenoxy) is 2. The number of ketones is 1. The zero-order chi connectivity index (χ0) is 27.2. The van der Waals surface area contributed by atoms with Crippen LogP contribution in [0.4, 0.5) is 13.2 Å². The molecular weight excluding hydrogens is 487 g/mol. The third kappa shape index (κ3) is 7.09. The predicted molar refractivity (Wildman–Crippen MR) is 133 cm³/mol. The molecule has 10 heteroatoms. The maximum Gasteiger partial charge on any atom is 0.416 e. The maximum atomic E-state index is 13.8. The van der Waals surface area contributed by atoms with Gasteiger partial charge >= 0.3 is 6.18 Å². The summed E-state index contributed by atoms with van der Waals surface area (Å²) in [4.78, 5) is 27.2. The van der Waals surface area contributed by atoms with Gasteiger partial charge in [0, 0.05) is 33.0 Å². The van der Waals surface area contributed by atoms with Crippen molar-refractivity contribution >= 4 is 11.7 Å². The van der Waals surface area contributed by atoms with Crippen molar-refractivity contribution in [2.75, 3.05) is 34.4 Å². The lowest BCUT2D eigenvalue weighted by Gasteiger charge is -2.34. The Morgan fingerprint density at radius 2 is 1.86 bits per heavy atom. The summed E-state index contributed by atoms with van der Waals surface area (Å²) in [5.41, 5.74) is 4.93. The van der Waals surface area contributed by atoms with E-state index in [0.717, 1.165) is 17.2 Å². The summed E-state index contributed by atoms with van der Waals surface area (Å²) in [5.74, 6) is -0.538. The lowest BCUT2D eigenvalue weighted by molar-refractivity contribution is -0.140. The van der Waals surface area contributed by atoms with Crippen molar-refractivity contribution in [3.8, 4) is 5.75 Å². The Labute approximate surface area is 215 Å². The van der Waals surface area contributed by atoms with E-state index in [1.165, 1.54) is 25.3 Å². The first-order valence-electron chi connectivity index (χ1n) is 12.1. The first-order chi connectivity index (χ1) is 17.5. The Balaban J connectivity index is 2.01. The number of nitrogens with zero attached hydrogens (tertiary/aromatic N) is 1. The first kappa shape index (κ1) is 28.6. The zero-order valence-electron chi connectivity index (χ0n) is 21.4. The number of Topliss-reactive ketones (excluding diaryl/α,β-unsaturated/α-hetero) is 1. The van der Waals surface area contributed by atoms with Gasteiger partial charge in [0.2, 0.25) is 0 Å². The number of benzene rings is 2. The lowest BCUT2D eigenvalue weighted by atomic mass is 9.87. The second kappa shape index (κ2) is 12.1. The highest BCUT2D eigenvalue weighted by Gasteiger charge is 2.43. The summed E-state index contributed by atoms with van der Waals surface area (Å²) >= 11 is 0. The number of carbonyl (C=O) groups excluding carboxylic acids is 2. The molecule has 1 aliphatic heterocycles. The molecule has 2 aromatic rings. The molecule has 2 atom stereocenters. The Morgan fingerprint density at radius 1 is 1.14 bits per heavy atom. The Morgan fingerprint density at radius 3 is 2.51 bits per heavy atom. The van der Waals surface area contributed by atoms with Gasteiger partial charge in [-0.15, -0.1) is 0 Å². The lowest BCUT2D eigenvalue weighted by Crippen LogP contribution is -2.52. The predicted octanol–water partition coefficient (Wildman–Crippen LogP) is 3.12. The Bertz CT molecular complexity index is 1110. The van der Waals surface area contributed by atoms with E-state index in [9.17, 15) is 22.8 Å². The fourth-order valence-corrected chi connectivity index (χ4v) is 4.61. The highest BCUT2D eigenvalue weighted by atomic mass is 19.4. The van der Waals surface area contributed by atoms with Gasteiger partial charge in [0.25, 0.3) is 5.91 Å². The molecule has 0 radical (unpaired) electrons. The van der Waals surface area contributed by atoms with Gasteiger partial charge in [0.05, 0.1) is 11.6 Å². The van der Waals surface area contributed by atoms with Gasteiger partial charge in [-0.25, -0.2) is 0 Å². The molecule has 1 amide bonds. The van der Waals surface area contributed by atoms with Crippen LogP contribution in [0.5, 0.6) is 5.75 Å². The number of rotatable bonds is 11. The zero-order valence-corrected chi connectivity index (χ0v) is 21.4. The topological polar surface area (TPSA) is 93.9 Å². The molecule has 3 N–H and O–H groups in total. The Hall–Kier alpha value is -2.95. The van der Waals surface area contributed by atoms with E-state index in [2.05, 4.69) is 5.32 Å². The molecule has 3 rings (SSSR count). The van der Waals surface area contributed by atoms with Crippen molar-refractivity contribution < 1.29 is 32.2 Å². The maximum absolute atomic E-state index is 13.8. The molecule has 2 unspecified atom stereocenters. The number of fused-ring (bicyclic) bond motifs is 1. The van der Waals surface area contributed by atoms with Crippen LogP contribution in [0.2, 0.25) is 0 Å². The summed E-state index contributed by atoms with van der Waals surface area (Å²) in [6.07, 6.45) is -3.91. The highest BCUT2D eigenvalue weighted by molar-refractivity contribution is 5.85.